The van der Waals surface area contributed by atoms with Crippen LogP contribution in [0.1, 0.15) is 52.0 Å². The Morgan fingerprint density at radius 3 is 2.55 bits per heavy atom. The normalized spacial score (nSPS) is 27.2. The van der Waals surface area contributed by atoms with E-state index >= 15 is 0 Å². The van der Waals surface area contributed by atoms with E-state index in [4.69, 9.17) is 14.2 Å². The summed E-state index contributed by atoms with van der Waals surface area (Å²) < 4.78 is 16.3. The lowest BCUT2D eigenvalue weighted by atomic mass is 9.65. The number of likely N-dealkylation sites (N-methyl/N-ethyl adjacent to an activating group) is 1. The highest BCUT2D eigenvalue weighted by atomic mass is 16.6. The van der Waals surface area contributed by atoms with Gasteiger partial charge in [-0.25, -0.2) is 10.2 Å². The summed E-state index contributed by atoms with van der Waals surface area (Å²) in [5.74, 6) is 1.53. The molecule has 0 radical (unpaired) electrons. The van der Waals surface area contributed by atoms with Crippen LogP contribution >= 0.6 is 0 Å². The molecule has 1 saturated carbocycles. The Morgan fingerprint density at radius 1 is 1.17 bits per heavy atom. The van der Waals surface area contributed by atoms with Crippen molar-refractivity contribution >= 4 is 6.09 Å². The molecule has 3 rings (SSSR count). The zero-order valence-electron chi connectivity index (χ0n) is 18.5. The molecule has 2 N–H and O–H groups in total. The minimum atomic E-state index is -0.507. The van der Waals surface area contributed by atoms with Crippen LogP contribution in [-0.4, -0.2) is 56.5 Å². The van der Waals surface area contributed by atoms with Crippen LogP contribution in [0.2, 0.25) is 0 Å². The zero-order chi connectivity index (χ0) is 21.2. The van der Waals surface area contributed by atoms with E-state index in [1.807, 2.05) is 26.8 Å². The third-order valence-electron chi connectivity index (χ3n) is 6.26. The number of fused-ring (bicyclic) bond motifs is 1. The second-order valence-electron chi connectivity index (χ2n) is 9.21. The number of methoxy groups -OCH3 is 2. The molecular formula is C22H35N3O4. The molecule has 7 nitrogen and oxygen atoms in total. The number of benzene rings is 1. The van der Waals surface area contributed by atoms with Crippen molar-refractivity contribution in [1.82, 2.24) is 15.8 Å². The van der Waals surface area contributed by atoms with E-state index in [2.05, 4.69) is 34.9 Å². The molecule has 1 aromatic rings. The fourth-order valence-electron chi connectivity index (χ4n) is 4.86. The van der Waals surface area contributed by atoms with Crippen molar-refractivity contribution in [1.29, 1.82) is 0 Å². The summed E-state index contributed by atoms with van der Waals surface area (Å²) in [4.78, 5) is 14.4. The van der Waals surface area contributed by atoms with E-state index in [0.717, 1.165) is 43.7 Å². The monoisotopic (exact) mass is 405 g/mol. The average molecular weight is 406 g/mol. The van der Waals surface area contributed by atoms with E-state index in [1.165, 1.54) is 5.56 Å². The minimum absolute atomic E-state index is 0.0956. The largest absolute Gasteiger partial charge is 0.493 e. The average Bonchev–Trinajstić information content (AvgIpc) is 3.02. The van der Waals surface area contributed by atoms with Gasteiger partial charge in [0.15, 0.2) is 11.5 Å². The van der Waals surface area contributed by atoms with Crippen molar-refractivity contribution < 1.29 is 19.0 Å². The molecule has 162 valence electrons. The molecule has 1 heterocycles. The van der Waals surface area contributed by atoms with Crippen LogP contribution in [0.5, 0.6) is 11.5 Å². The van der Waals surface area contributed by atoms with Gasteiger partial charge < -0.3 is 19.1 Å². The van der Waals surface area contributed by atoms with Gasteiger partial charge in [0.1, 0.15) is 5.60 Å². The SMILES string of the molecule is COc1ccc([C@@]23CC[C@@H](NNC(=O)OC(C)(C)C)C[C@@H]2N(C)CC3)cc1OC. The predicted octanol–water partition coefficient (Wildman–Crippen LogP) is 3.23. The molecule has 7 heteroatoms. The first-order valence-corrected chi connectivity index (χ1v) is 10.4. The fraction of sp³-hybridized carbons (Fsp3) is 0.682. The molecule has 0 aromatic heterocycles. The van der Waals surface area contributed by atoms with Gasteiger partial charge in [0.05, 0.1) is 14.2 Å². The molecule has 1 aliphatic carbocycles. The number of nitrogens with zero attached hydrogens (tertiary/aromatic N) is 1. The quantitative estimate of drug-likeness (QED) is 0.733. The maximum absolute atomic E-state index is 12.0. The Morgan fingerprint density at radius 2 is 1.90 bits per heavy atom. The van der Waals surface area contributed by atoms with Crippen molar-refractivity contribution in [3.8, 4) is 11.5 Å². The number of nitrogens with one attached hydrogen (secondary N) is 2. The van der Waals surface area contributed by atoms with Crippen LogP contribution < -0.4 is 20.3 Å². The summed E-state index contributed by atoms with van der Waals surface area (Å²) in [6.45, 7) is 6.64. The van der Waals surface area contributed by atoms with Gasteiger partial charge in [-0.3, -0.25) is 5.43 Å². The first kappa shape index (κ1) is 21.7. The Bertz CT molecular complexity index is 733. The molecule has 1 saturated heterocycles. The van der Waals surface area contributed by atoms with Crippen molar-refractivity contribution in [2.24, 2.45) is 0 Å². The summed E-state index contributed by atoms with van der Waals surface area (Å²) >= 11 is 0. The highest BCUT2D eigenvalue weighted by molar-refractivity contribution is 5.67. The first-order chi connectivity index (χ1) is 13.7. The number of hydrogen-bond acceptors (Lipinski definition) is 6. The van der Waals surface area contributed by atoms with E-state index in [-0.39, 0.29) is 11.5 Å². The van der Waals surface area contributed by atoms with Crippen molar-refractivity contribution in [3.05, 3.63) is 23.8 Å². The van der Waals surface area contributed by atoms with E-state index < -0.39 is 11.7 Å². The molecule has 1 aliphatic heterocycles. The maximum Gasteiger partial charge on any atom is 0.422 e. The smallest absolute Gasteiger partial charge is 0.422 e. The Hall–Kier alpha value is -1.99. The molecule has 2 aliphatic rings. The van der Waals surface area contributed by atoms with Gasteiger partial charge in [-0.05, 0) is 77.7 Å². The summed E-state index contributed by atoms with van der Waals surface area (Å²) in [6.07, 6.45) is 3.67. The summed E-state index contributed by atoms with van der Waals surface area (Å²) in [5.41, 5.74) is 6.81. The molecule has 3 atom stereocenters. The number of likely N-dealkylation sites (tertiary alicyclic amines) is 1. The van der Waals surface area contributed by atoms with Crippen molar-refractivity contribution in [2.75, 3.05) is 27.8 Å². The second-order valence-corrected chi connectivity index (χ2v) is 9.21. The standard InChI is InChI=1S/C22H35N3O4/c1-21(2,3)29-20(26)24-23-16-9-10-22(11-12-25(4)19(22)14-16)15-7-8-17(27-5)18(13-15)28-6/h7-8,13,16,19,23H,9-12,14H2,1-6H3,(H,24,26)/t16-,19+,22+/m1/s1. The highest BCUT2D eigenvalue weighted by Crippen LogP contribution is 2.49. The third kappa shape index (κ3) is 4.61. The topological polar surface area (TPSA) is 72.1 Å². The van der Waals surface area contributed by atoms with Gasteiger partial charge in [0.2, 0.25) is 0 Å². The van der Waals surface area contributed by atoms with E-state index in [0.29, 0.717) is 6.04 Å². The Balaban J connectivity index is 1.72. The number of ether oxygens (including phenoxy) is 3. The molecular weight excluding hydrogens is 370 g/mol. The van der Waals surface area contributed by atoms with Crippen molar-refractivity contribution in [2.45, 2.75) is 69.6 Å². The Labute approximate surface area is 174 Å². The van der Waals surface area contributed by atoms with Gasteiger partial charge in [-0.15, -0.1) is 0 Å². The molecule has 1 amide bonds. The maximum atomic E-state index is 12.0. The van der Waals surface area contributed by atoms with E-state index in [9.17, 15) is 4.79 Å². The lowest BCUT2D eigenvalue weighted by molar-refractivity contribution is 0.0468. The lowest BCUT2D eigenvalue weighted by Gasteiger charge is -2.45. The van der Waals surface area contributed by atoms with Crippen LogP contribution in [0.25, 0.3) is 0 Å². The van der Waals surface area contributed by atoms with Crippen LogP contribution in [0, 0.1) is 0 Å². The van der Waals surface area contributed by atoms with Gasteiger partial charge >= 0.3 is 6.09 Å². The van der Waals surface area contributed by atoms with Crippen LogP contribution in [0.15, 0.2) is 18.2 Å². The number of carbonyl (C=O) groups is 1. The number of rotatable bonds is 5. The first-order valence-electron chi connectivity index (χ1n) is 10.4. The molecule has 0 bridgehead atoms. The number of carbonyl (C=O) groups excluding carboxylic acids is 1. The second kappa shape index (κ2) is 8.40. The van der Waals surface area contributed by atoms with Crippen LogP contribution in [0.4, 0.5) is 4.79 Å². The number of hydrogen-bond donors (Lipinski definition) is 2. The van der Waals surface area contributed by atoms with E-state index in [1.54, 1.807) is 14.2 Å². The predicted molar refractivity (Wildman–Crippen MR) is 112 cm³/mol. The third-order valence-corrected chi connectivity index (χ3v) is 6.26. The number of amides is 1. The van der Waals surface area contributed by atoms with Crippen LogP contribution in [0.3, 0.4) is 0 Å². The molecule has 2 fully saturated rings. The van der Waals surface area contributed by atoms with Gasteiger partial charge in [0, 0.05) is 17.5 Å². The number of hydrazine groups is 1. The fourth-order valence-corrected chi connectivity index (χ4v) is 4.86. The van der Waals surface area contributed by atoms with Crippen molar-refractivity contribution in [3.63, 3.8) is 0 Å². The van der Waals surface area contributed by atoms with Gasteiger partial charge in [-0.2, -0.15) is 0 Å². The molecule has 1 aromatic carbocycles. The Kier molecular flexibility index (Phi) is 6.29. The summed E-state index contributed by atoms with van der Waals surface area (Å²) in [7, 11) is 5.54. The zero-order valence-corrected chi connectivity index (χ0v) is 18.5. The lowest BCUT2D eigenvalue weighted by Crippen LogP contribution is -2.54. The van der Waals surface area contributed by atoms with Gasteiger partial charge in [-0.1, -0.05) is 6.07 Å². The summed E-state index contributed by atoms with van der Waals surface area (Å²) in [6, 6.07) is 6.93. The van der Waals surface area contributed by atoms with Gasteiger partial charge in [0.25, 0.3) is 0 Å². The molecule has 0 spiro atoms. The molecule has 29 heavy (non-hydrogen) atoms. The molecule has 0 unspecified atom stereocenters. The summed E-state index contributed by atoms with van der Waals surface area (Å²) in [5, 5.41) is 0. The van der Waals surface area contributed by atoms with Crippen LogP contribution in [-0.2, 0) is 10.2 Å². The minimum Gasteiger partial charge on any atom is -0.493 e. The highest BCUT2D eigenvalue weighted by Gasteiger charge is 2.50.